The molecule has 1 unspecified atom stereocenters. The van der Waals surface area contributed by atoms with Crippen molar-refractivity contribution in [2.45, 2.75) is 53.0 Å². The Morgan fingerprint density at radius 3 is 2.50 bits per heavy atom. The summed E-state index contributed by atoms with van der Waals surface area (Å²) in [6.07, 6.45) is 3.81. The number of unbranched alkanes of at least 4 members (excludes halogenated alkanes) is 1. The fraction of sp³-hybridized carbons (Fsp3) is 0.600. The molecule has 1 nitrogen and oxygen atoms in total. The predicted molar refractivity (Wildman–Crippen MR) is 71.9 cm³/mol. The molecule has 0 aliphatic carbocycles. The van der Waals surface area contributed by atoms with E-state index in [9.17, 15) is 0 Å². The van der Waals surface area contributed by atoms with Crippen LogP contribution in [0.1, 0.15) is 55.8 Å². The van der Waals surface area contributed by atoms with E-state index in [1.165, 1.54) is 36.0 Å². The zero-order valence-corrected chi connectivity index (χ0v) is 11.1. The second kappa shape index (κ2) is 6.70. The molecule has 1 heteroatoms. The number of nitrogens with one attached hydrogen (secondary N) is 1. The molecule has 0 radical (unpaired) electrons. The summed E-state index contributed by atoms with van der Waals surface area (Å²) in [6, 6.07) is 7.32. The van der Waals surface area contributed by atoms with E-state index in [1.807, 2.05) is 0 Å². The van der Waals surface area contributed by atoms with Crippen molar-refractivity contribution < 1.29 is 0 Å². The predicted octanol–water partition coefficient (Wildman–Crippen LogP) is 4.14. The molecule has 1 N–H and O–H groups in total. The van der Waals surface area contributed by atoms with Crippen LogP contribution in [-0.4, -0.2) is 6.54 Å². The highest BCUT2D eigenvalue weighted by Crippen LogP contribution is 2.23. The molecule has 1 aromatic carbocycles. The number of benzene rings is 1. The second-order valence-electron chi connectivity index (χ2n) is 4.61. The molecule has 0 aliphatic rings. The third-order valence-electron chi connectivity index (χ3n) is 3.10. The van der Waals surface area contributed by atoms with E-state index < -0.39 is 0 Å². The first-order valence-corrected chi connectivity index (χ1v) is 6.49. The van der Waals surface area contributed by atoms with Crippen molar-refractivity contribution in [1.29, 1.82) is 0 Å². The number of rotatable bonds is 6. The Kier molecular flexibility index (Phi) is 5.54. The van der Waals surface area contributed by atoms with Crippen LogP contribution in [0.25, 0.3) is 0 Å². The molecule has 1 aromatic rings. The minimum Gasteiger partial charge on any atom is -0.310 e. The highest BCUT2D eigenvalue weighted by Gasteiger charge is 2.11. The molecule has 0 bridgehead atoms. The lowest BCUT2D eigenvalue weighted by Gasteiger charge is -2.20. The Hall–Kier alpha value is -0.820. The van der Waals surface area contributed by atoms with Gasteiger partial charge in [-0.05, 0) is 37.9 Å². The third kappa shape index (κ3) is 3.64. The quantitative estimate of drug-likeness (QED) is 0.758. The van der Waals surface area contributed by atoms with Gasteiger partial charge in [-0.1, -0.05) is 50.5 Å². The molecule has 0 heterocycles. The lowest BCUT2D eigenvalue weighted by atomic mass is 9.95. The summed E-state index contributed by atoms with van der Waals surface area (Å²) in [5, 5.41) is 3.59. The minimum absolute atomic E-state index is 0.533. The molecule has 0 amide bonds. The van der Waals surface area contributed by atoms with Crippen molar-refractivity contribution in [1.82, 2.24) is 5.32 Å². The van der Waals surface area contributed by atoms with E-state index in [-0.39, 0.29) is 0 Å². The zero-order valence-electron chi connectivity index (χ0n) is 11.1. The number of aryl methyl sites for hydroxylation is 2. The molecule has 1 rings (SSSR count). The van der Waals surface area contributed by atoms with Gasteiger partial charge in [0.2, 0.25) is 0 Å². The van der Waals surface area contributed by atoms with Crippen molar-refractivity contribution in [3.63, 3.8) is 0 Å². The van der Waals surface area contributed by atoms with Gasteiger partial charge in [-0.25, -0.2) is 0 Å². The first-order valence-electron chi connectivity index (χ1n) is 6.49. The summed E-state index contributed by atoms with van der Waals surface area (Å²) in [6.45, 7) is 9.86. The van der Waals surface area contributed by atoms with Crippen LogP contribution < -0.4 is 5.32 Å². The lowest BCUT2D eigenvalue weighted by Crippen LogP contribution is -2.21. The first-order chi connectivity index (χ1) is 7.69. The highest BCUT2D eigenvalue weighted by molar-refractivity contribution is 5.32. The van der Waals surface area contributed by atoms with Crippen LogP contribution >= 0.6 is 0 Å². The van der Waals surface area contributed by atoms with E-state index in [4.69, 9.17) is 0 Å². The average Bonchev–Trinajstić information content (AvgIpc) is 2.25. The van der Waals surface area contributed by atoms with E-state index in [1.54, 1.807) is 0 Å². The Morgan fingerprint density at radius 2 is 1.94 bits per heavy atom. The van der Waals surface area contributed by atoms with Gasteiger partial charge >= 0.3 is 0 Å². The minimum atomic E-state index is 0.533. The summed E-state index contributed by atoms with van der Waals surface area (Å²) < 4.78 is 0. The fourth-order valence-electron chi connectivity index (χ4n) is 2.24. The summed E-state index contributed by atoms with van der Waals surface area (Å²) in [7, 11) is 0. The molecule has 0 fully saturated rings. The number of hydrogen-bond donors (Lipinski definition) is 1. The molecule has 0 saturated carbocycles. The van der Waals surface area contributed by atoms with Gasteiger partial charge in [0.15, 0.2) is 0 Å². The topological polar surface area (TPSA) is 12.0 Å². The van der Waals surface area contributed by atoms with Crippen molar-refractivity contribution >= 4 is 0 Å². The maximum Gasteiger partial charge on any atom is 0.0322 e. The smallest absolute Gasteiger partial charge is 0.0322 e. The SMILES string of the molecule is CCCCC(NCC)c1ccc(C)cc1C. The molecular weight excluding hydrogens is 194 g/mol. The van der Waals surface area contributed by atoms with E-state index in [2.05, 4.69) is 51.2 Å². The van der Waals surface area contributed by atoms with Gasteiger partial charge in [-0.3, -0.25) is 0 Å². The van der Waals surface area contributed by atoms with Crippen LogP contribution in [0, 0.1) is 13.8 Å². The molecule has 16 heavy (non-hydrogen) atoms. The molecular formula is C15H25N. The second-order valence-corrected chi connectivity index (χ2v) is 4.61. The maximum atomic E-state index is 3.59. The van der Waals surface area contributed by atoms with Crippen molar-refractivity contribution in [3.8, 4) is 0 Å². The summed E-state index contributed by atoms with van der Waals surface area (Å²) >= 11 is 0. The Morgan fingerprint density at radius 1 is 1.19 bits per heavy atom. The zero-order chi connectivity index (χ0) is 12.0. The normalized spacial score (nSPS) is 12.8. The van der Waals surface area contributed by atoms with Gasteiger partial charge in [0.25, 0.3) is 0 Å². The van der Waals surface area contributed by atoms with Crippen LogP contribution in [0.2, 0.25) is 0 Å². The Balaban J connectivity index is 2.82. The lowest BCUT2D eigenvalue weighted by molar-refractivity contribution is 0.493. The fourth-order valence-corrected chi connectivity index (χ4v) is 2.24. The Labute approximate surface area is 100 Å². The van der Waals surface area contributed by atoms with Crippen LogP contribution in [0.15, 0.2) is 18.2 Å². The molecule has 1 atom stereocenters. The number of hydrogen-bond acceptors (Lipinski definition) is 1. The van der Waals surface area contributed by atoms with Crippen LogP contribution in [0.3, 0.4) is 0 Å². The Bertz CT molecular complexity index is 317. The van der Waals surface area contributed by atoms with E-state index in [0.29, 0.717) is 6.04 Å². The average molecular weight is 219 g/mol. The van der Waals surface area contributed by atoms with Crippen LogP contribution in [0.4, 0.5) is 0 Å². The van der Waals surface area contributed by atoms with Crippen LogP contribution in [-0.2, 0) is 0 Å². The molecule has 0 spiro atoms. The summed E-state index contributed by atoms with van der Waals surface area (Å²) in [4.78, 5) is 0. The van der Waals surface area contributed by atoms with Crippen molar-refractivity contribution in [2.24, 2.45) is 0 Å². The molecule has 90 valence electrons. The monoisotopic (exact) mass is 219 g/mol. The summed E-state index contributed by atoms with van der Waals surface area (Å²) in [5.74, 6) is 0. The maximum absolute atomic E-state index is 3.59. The summed E-state index contributed by atoms with van der Waals surface area (Å²) in [5.41, 5.74) is 4.25. The van der Waals surface area contributed by atoms with Gasteiger partial charge in [0.05, 0.1) is 0 Å². The van der Waals surface area contributed by atoms with Gasteiger partial charge in [0, 0.05) is 6.04 Å². The molecule has 0 aliphatic heterocycles. The van der Waals surface area contributed by atoms with E-state index >= 15 is 0 Å². The van der Waals surface area contributed by atoms with Gasteiger partial charge < -0.3 is 5.32 Å². The van der Waals surface area contributed by atoms with Gasteiger partial charge in [-0.2, -0.15) is 0 Å². The first kappa shape index (κ1) is 13.2. The standard InChI is InChI=1S/C15H25N/c1-5-7-8-15(16-6-2)14-10-9-12(3)11-13(14)4/h9-11,15-16H,5-8H2,1-4H3. The van der Waals surface area contributed by atoms with Crippen molar-refractivity contribution in [3.05, 3.63) is 34.9 Å². The molecule has 0 aromatic heterocycles. The third-order valence-corrected chi connectivity index (χ3v) is 3.10. The van der Waals surface area contributed by atoms with Crippen molar-refractivity contribution in [2.75, 3.05) is 6.54 Å². The van der Waals surface area contributed by atoms with E-state index in [0.717, 1.165) is 6.54 Å². The highest BCUT2D eigenvalue weighted by atomic mass is 14.9. The molecule has 0 saturated heterocycles. The van der Waals surface area contributed by atoms with Gasteiger partial charge in [-0.15, -0.1) is 0 Å². The van der Waals surface area contributed by atoms with Gasteiger partial charge in [0.1, 0.15) is 0 Å². The van der Waals surface area contributed by atoms with Crippen LogP contribution in [0.5, 0.6) is 0 Å². The largest absolute Gasteiger partial charge is 0.310 e.